The number of nitrogens with one attached hydrogen (secondary N) is 3. The van der Waals surface area contributed by atoms with E-state index in [4.69, 9.17) is 23.2 Å². The minimum atomic E-state index is -0.495. The molecule has 5 rings (SSSR count). The summed E-state index contributed by atoms with van der Waals surface area (Å²) in [5.74, 6) is -0.990. The van der Waals surface area contributed by atoms with Crippen molar-refractivity contribution in [2.75, 3.05) is 16.4 Å². The summed E-state index contributed by atoms with van der Waals surface area (Å²) in [6.07, 6.45) is 1.64. The lowest BCUT2D eigenvalue weighted by Gasteiger charge is -2.12. The molecule has 0 saturated heterocycles. The Morgan fingerprint density at radius 1 is 0.644 bits per heavy atom. The molecule has 0 atom stereocenters. The second-order valence-corrected chi connectivity index (χ2v) is 11.7. The van der Waals surface area contributed by atoms with Gasteiger partial charge in [-0.05, 0) is 71.3 Å². The van der Waals surface area contributed by atoms with Crippen LogP contribution in [0.25, 0.3) is 17.2 Å². The van der Waals surface area contributed by atoms with Gasteiger partial charge in [0.15, 0.2) is 0 Å². The number of halogens is 2. The van der Waals surface area contributed by atoms with E-state index in [0.717, 1.165) is 21.6 Å². The van der Waals surface area contributed by atoms with Crippen molar-refractivity contribution < 1.29 is 14.4 Å². The van der Waals surface area contributed by atoms with E-state index in [1.807, 2.05) is 66.7 Å². The third-order valence-electron chi connectivity index (χ3n) is 6.52. The van der Waals surface area contributed by atoms with Crippen LogP contribution in [0.15, 0.2) is 138 Å². The van der Waals surface area contributed by atoms with Gasteiger partial charge in [-0.25, -0.2) is 0 Å². The second kappa shape index (κ2) is 15.3. The summed E-state index contributed by atoms with van der Waals surface area (Å²) in [7, 11) is 0. The third kappa shape index (κ3) is 9.09. The van der Waals surface area contributed by atoms with Crippen LogP contribution in [0.3, 0.4) is 0 Å². The predicted octanol–water partition coefficient (Wildman–Crippen LogP) is 8.80. The van der Waals surface area contributed by atoms with Gasteiger partial charge in [0, 0.05) is 21.8 Å². The third-order valence-corrected chi connectivity index (χ3v) is 8.26. The smallest absolute Gasteiger partial charge is 0.272 e. The Kier molecular flexibility index (Phi) is 10.7. The molecule has 0 fully saturated rings. The Bertz CT molecular complexity index is 1850. The molecule has 0 unspecified atom stereocenters. The molecule has 0 heterocycles. The molecule has 0 aliphatic carbocycles. The van der Waals surface area contributed by atoms with Gasteiger partial charge in [0.05, 0.1) is 15.8 Å². The van der Waals surface area contributed by atoms with Crippen LogP contribution < -0.4 is 16.0 Å². The maximum atomic E-state index is 13.5. The predicted molar refractivity (Wildman–Crippen MR) is 185 cm³/mol. The van der Waals surface area contributed by atoms with E-state index in [0.29, 0.717) is 27.0 Å². The van der Waals surface area contributed by atoms with Crippen LogP contribution >= 0.6 is 35.0 Å². The number of anilines is 2. The van der Waals surface area contributed by atoms with Gasteiger partial charge in [0.25, 0.3) is 11.8 Å². The maximum Gasteiger partial charge on any atom is 0.272 e. The van der Waals surface area contributed by atoms with Crippen LogP contribution in [-0.2, 0) is 9.59 Å². The van der Waals surface area contributed by atoms with E-state index in [1.165, 1.54) is 11.8 Å². The largest absolute Gasteiger partial charge is 0.325 e. The van der Waals surface area contributed by atoms with E-state index in [9.17, 15) is 14.4 Å². The van der Waals surface area contributed by atoms with Gasteiger partial charge in [0.2, 0.25) is 5.91 Å². The molecule has 0 spiro atoms. The lowest BCUT2D eigenvalue weighted by Crippen LogP contribution is -2.30. The van der Waals surface area contributed by atoms with E-state index < -0.39 is 11.8 Å². The molecule has 0 saturated carbocycles. The van der Waals surface area contributed by atoms with E-state index in [2.05, 4.69) is 16.0 Å². The fourth-order valence-corrected chi connectivity index (χ4v) is 5.35. The SMILES string of the molecule is O=C(CSc1cccc(NC(=O)/C(=C\c2ccc(-c3ccccc3)cc2)NC(=O)c2ccccc2)c1)Nc1ccc(Cl)c(Cl)c1. The van der Waals surface area contributed by atoms with Crippen LogP contribution in [0.5, 0.6) is 0 Å². The molecule has 0 aliphatic rings. The van der Waals surface area contributed by atoms with Gasteiger partial charge in [-0.2, -0.15) is 0 Å². The zero-order valence-electron chi connectivity index (χ0n) is 23.8. The Morgan fingerprint density at radius 2 is 1.31 bits per heavy atom. The Balaban J connectivity index is 1.29. The maximum absolute atomic E-state index is 13.5. The van der Waals surface area contributed by atoms with Gasteiger partial charge in [-0.3, -0.25) is 14.4 Å². The Hall–Kier alpha value is -4.82. The molecule has 0 bridgehead atoms. The zero-order chi connectivity index (χ0) is 31.6. The molecule has 6 nitrogen and oxygen atoms in total. The number of carbonyl (C=O) groups excluding carboxylic acids is 3. The Morgan fingerprint density at radius 3 is 2.02 bits per heavy atom. The number of benzene rings is 5. The minimum absolute atomic E-state index is 0.0790. The fraction of sp³-hybridized carbons (Fsp3) is 0.0278. The molecule has 3 N–H and O–H groups in total. The first-order valence-corrected chi connectivity index (χ1v) is 15.6. The number of rotatable bonds is 10. The first-order chi connectivity index (χ1) is 21.8. The first-order valence-electron chi connectivity index (χ1n) is 13.9. The molecular formula is C36H27Cl2N3O3S. The van der Waals surface area contributed by atoms with Crippen molar-refractivity contribution in [1.29, 1.82) is 0 Å². The van der Waals surface area contributed by atoms with E-state index in [1.54, 1.807) is 66.7 Å². The highest BCUT2D eigenvalue weighted by atomic mass is 35.5. The van der Waals surface area contributed by atoms with Gasteiger partial charge in [-0.15, -0.1) is 11.8 Å². The van der Waals surface area contributed by atoms with Gasteiger partial charge >= 0.3 is 0 Å². The first kappa shape index (κ1) is 31.6. The van der Waals surface area contributed by atoms with E-state index in [-0.39, 0.29) is 17.4 Å². The highest BCUT2D eigenvalue weighted by Crippen LogP contribution is 2.26. The van der Waals surface area contributed by atoms with Crippen molar-refractivity contribution in [1.82, 2.24) is 5.32 Å². The van der Waals surface area contributed by atoms with Crippen LogP contribution in [0.1, 0.15) is 15.9 Å². The van der Waals surface area contributed by atoms with Gasteiger partial charge in [0.1, 0.15) is 5.70 Å². The van der Waals surface area contributed by atoms with Crippen molar-refractivity contribution >= 4 is 70.1 Å². The highest BCUT2D eigenvalue weighted by molar-refractivity contribution is 8.00. The van der Waals surface area contributed by atoms with Gasteiger partial charge < -0.3 is 16.0 Å². The molecule has 0 aromatic heterocycles. The minimum Gasteiger partial charge on any atom is -0.325 e. The average Bonchev–Trinajstić information content (AvgIpc) is 3.06. The van der Waals surface area contributed by atoms with Crippen molar-refractivity contribution in [2.24, 2.45) is 0 Å². The highest BCUT2D eigenvalue weighted by Gasteiger charge is 2.16. The topological polar surface area (TPSA) is 87.3 Å². The monoisotopic (exact) mass is 651 g/mol. The number of amides is 3. The summed E-state index contributed by atoms with van der Waals surface area (Å²) in [6.45, 7) is 0. The molecular weight excluding hydrogens is 625 g/mol. The molecule has 5 aromatic rings. The lowest BCUT2D eigenvalue weighted by atomic mass is 10.0. The number of thioether (sulfide) groups is 1. The number of hydrogen-bond donors (Lipinski definition) is 3. The summed E-state index contributed by atoms with van der Waals surface area (Å²) in [5.41, 5.74) is 4.41. The van der Waals surface area contributed by atoms with Crippen molar-refractivity contribution in [3.8, 4) is 11.1 Å². The van der Waals surface area contributed by atoms with Crippen molar-refractivity contribution in [3.05, 3.63) is 154 Å². The summed E-state index contributed by atoms with van der Waals surface area (Å²) in [4.78, 5) is 39.8. The average molecular weight is 653 g/mol. The van der Waals surface area contributed by atoms with Crippen molar-refractivity contribution in [2.45, 2.75) is 4.90 Å². The normalized spacial score (nSPS) is 11.0. The molecule has 45 heavy (non-hydrogen) atoms. The molecule has 0 aliphatic heterocycles. The molecule has 9 heteroatoms. The Labute approximate surface area is 275 Å². The summed E-state index contributed by atoms with van der Waals surface area (Å²) >= 11 is 13.3. The summed E-state index contributed by atoms with van der Waals surface area (Å²) in [6, 6.07) is 38.4. The summed E-state index contributed by atoms with van der Waals surface area (Å²) < 4.78 is 0. The fourth-order valence-electron chi connectivity index (χ4n) is 4.29. The molecule has 0 radical (unpaired) electrons. The molecule has 3 amide bonds. The summed E-state index contributed by atoms with van der Waals surface area (Å²) in [5, 5.41) is 9.18. The molecule has 224 valence electrons. The zero-order valence-corrected chi connectivity index (χ0v) is 26.1. The number of hydrogen-bond acceptors (Lipinski definition) is 4. The van der Waals surface area contributed by atoms with Crippen molar-refractivity contribution in [3.63, 3.8) is 0 Å². The van der Waals surface area contributed by atoms with Crippen LogP contribution in [0, 0.1) is 0 Å². The van der Waals surface area contributed by atoms with E-state index >= 15 is 0 Å². The van der Waals surface area contributed by atoms with Crippen LogP contribution in [0.2, 0.25) is 10.0 Å². The number of carbonyl (C=O) groups is 3. The molecule has 5 aromatic carbocycles. The second-order valence-electron chi connectivity index (χ2n) is 9.81. The lowest BCUT2D eigenvalue weighted by molar-refractivity contribution is -0.114. The van der Waals surface area contributed by atoms with Gasteiger partial charge in [-0.1, -0.05) is 102 Å². The van der Waals surface area contributed by atoms with Crippen LogP contribution in [-0.4, -0.2) is 23.5 Å². The standard InChI is InChI=1S/C36H27Cl2N3O3S/c37-31-19-18-29(22-32(31)38)39-34(42)23-45-30-13-7-12-28(21-30)40-36(44)33(41-35(43)27-10-5-2-6-11-27)20-24-14-16-26(17-15-24)25-8-3-1-4-9-25/h1-22H,23H2,(H,39,42)(H,40,44)(H,41,43)/b33-20+. The van der Waals surface area contributed by atoms with Crippen LogP contribution in [0.4, 0.5) is 11.4 Å². The quantitative estimate of drug-likeness (QED) is 0.104.